The highest BCUT2D eigenvalue weighted by Gasteiger charge is 2.41. The van der Waals surface area contributed by atoms with Crippen LogP contribution >= 0.6 is 0 Å². The van der Waals surface area contributed by atoms with E-state index in [1.165, 1.54) is 19.3 Å². The van der Waals surface area contributed by atoms with Gasteiger partial charge in [0.05, 0.1) is 17.6 Å². The van der Waals surface area contributed by atoms with Gasteiger partial charge in [-0.3, -0.25) is 10.1 Å². The monoisotopic (exact) mass is 248 g/mol. The summed E-state index contributed by atoms with van der Waals surface area (Å²) in [4.78, 5) is 12.2. The molecule has 0 radical (unpaired) electrons. The number of rotatable bonds is 5. The minimum atomic E-state index is -0.412. The van der Waals surface area contributed by atoms with Crippen molar-refractivity contribution >= 4 is 5.91 Å². The number of carbonyl (C=O) groups excluding carboxylic acids is 1. The topological polar surface area (TPSA) is 41.1 Å². The molecule has 0 aromatic carbocycles. The second-order valence-electron chi connectivity index (χ2n) is 5.58. The Morgan fingerprint density at radius 3 is 2.61 bits per heavy atom. The summed E-state index contributed by atoms with van der Waals surface area (Å²) in [7, 11) is 0. The summed E-state index contributed by atoms with van der Waals surface area (Å²) < 4.78 is 0. The zero-order chi connectivity index (χ0) is 13.0. The van der Waals surface area contributed by atoms with E-state index in [1.807, 2.05) is 25.2 Å². The molecule has 1 fully saturated rings. The molecule has 0 saturated carbocycles. The number of hydrogen-bond donors (Lipinski definition) is 2. The molecule has 3 heteroatoms. The molecule has 1 amide bonds. The summed E-state index contributed by atoms with van der Waals surface area (Å²) in [6.45, 7) is 4.23. The van der Waals surface area contributed by atoms with Gasteiger partial charge in [-0.05, 0) is 13.3 Å². The van der Waals surface area contributed by atoms with Gasteiger partial charge in [0.25, 0.3) is 0 Å². The van der Waals surface area contributed by atoms with Gasteiger partial charge in [-0.25, -0.2) is 0 Å². The van der Waals surface area contributed by atoms with Crippen LogP contribution in [0.15, 0.2) is 24.3 Å². The van der Waals surface area contributed by atoms with E-state index in [2.05, 4.69) is 23.6 Å². The Morgan fingerprint density at radius 1 is 1.17 bits per heavy atom. The quantitative estimate of drug-likeness (QED) is 0.733. The molecule has 0 aromatic heterocycles. The normalized spacial score (nSPS) is 34.2. The molecule has 100 valence electrons. The van der Waals surface area contributed by atoms with Gasteiger partial charge in [0.15, 0.2) is 0 Å². The lowest BCUT2D eigenvalue weighted by molar-refractivity contribution is -0.130. The summed E-state index contributed by atoms with van der Waals surface area (Å²) in [5.41, 5.74) is -0.412. The Kier molecular flexibility index (Phi) is 4.23. The van der Waals surface area contributed by atoms with Crippen molar-refractivity contribution in [1.82, 2.24) is 10.6 Å². The standard InChI is InChI=1S/C15H24N2O/c1-3-4-5-8-11-15(2)14(18)16-12-9-6-7-10-13(12)17-15/h6-7,9-10,12-13,17H,3-5,8,11H2,1-2H3,(H,16,18). The van der Waals surface area contributed by atoms with Gasteiger partial charge >= 0.3 is 0 Å². The lowest BCUT2D eigenvalue weighted by Crippen LogP contribution is -2.69. The summed E-state index contributed by atoms with van der Waals surface area (Å²) in [6.07, 6.45) is 13.9. The predicted octanol–water partition coefficient (Wildman–Crippen LogP) is 2.30. The SMILES string of the molecule is CCCCCCC1(C)NC2C=CC=CC2NC1=O. The van der Waals surface area contributed by atoms with Crippen LogP contribution in [-0.2, 0) is 4.79 Å². The number of piperazine rings is 1. The van der Waals surface area contributed by atoms with E-state index in [-0.39, 0.29) is 18.0 Å². The van der Waals surface area contributed by atoms with E-state index in [0.717, 1.165) is 12.8 Å². The van der Waals surface area contributed by atoms with Crippen molar-refractivity contribution in [1.29, 1.82) is 0 Å². The number of amides is 1. The van der Waals surface area contributed by atoms with Crippen LogP contribution in [0.2, 0.25) is 0 Å². The molecule has 3 atom stereocenters. The van der Waals surface area contributed by atoms with Crippen molar-refractivity contribution in [3.8, 4) is 0 Å². The van der Waals surface area contributed by atoms with E-state index in [0.29, 0.717) is 0 Å². The van der Waals surface area contributed by atoms with Crippen molar-refractivity contribution in [3.63, 3.8) is 0 Å². The summed E-state index contributed by atoms with van der Waals surface area (Å²) in [6, 6.07) is 0.357. The predicted molar refractivity (Wildman–Crippen MR) is 74.3 cm³/mol. The van der Waals surface area contributed by atoms with Gasteiger partial charge < -0.3 is 5.32 Å². The number of allylic oxidation sites excluding steroid dienone is 2. The van der Waals surface area contributed by atoms with Gasteiger partial charge in [-0.15, -0.1) is 0 Å². The van der Waals surface area contributed by atoms with Crippen LogP contribution in [0.25, 0.3) is 0 Å². The molecule has 1 aliphatic heterocycles. The molecule has 2 N–H and O–H groups in total. The number of unbranched alkanes of at least 4 members (excludes halogenated alkanes) is 3. The van der Waals surface area contributed by atoms with Crippen molar-refractivity contribution in [2.24, 2.45) is 0 Å². The Labute approximate surface area is 110 Å². The highest BCUT2D eigenvalue weighted by atomic mass is 16.2. The van der Waals surface area contributed by atoms with Gasteiger partial charge in [0, 0.05) is 0 Å². The van der Waals surface area contributed by atoms with Crippen LogP contribution < -0.4 is 10.6 Å². The lowest BCUT2D eigenvalue weighted by atomic mass is 9.86. The molecule has 0 bridgehead atoms. The van der Waals surface area contributed by atoms with Crippen molar-refractivity contribution < 1.29 is 4.79 Å². The summed E-state index contributed by atoms with van der Waals surface area (Å²) in [5, 5.41) is 6.62. The Bertz CT molecular complexity index is 362. The number of nitrogens with one attached hydrogen (secondary N) is 2. The molecule has 3 nitrogen and oxygen atoms in total. The first-order chi connectivity index (χ1) is 8.65. The average Bonchev–Trinajstić information content (AvgIpc) is 2.36. The third-order valence-electron chi connectivity index (χ3n) is 3.95. The second-order valence-corrected chi connectivity index (χ2v) is 5.58. The molecule has 3 unspecified atom stereocenters. The summed E-state index contributed by atoms with van der Waals surface area (Å²) >= 11 is 0. The van der Waals surface area contributed by atoms with Crippen molar-refractivity contribution in [2.45, 2.75) is 63.6 Å². The fraction of sp³-hybridized carbons (Fsp3) is 0.667. The molecule has 2 rings (SSSR count). The Hall–Kier alpha value is -1.09. The maximum atomic E-state index is 12.2. The van der Waals surface area contributed by atoms with E-state index >= 15 is 0 Å². The highest BCUT2D eigenvalue weighted by Crippen LogP contribution is 2.23. The van der Waals surface area contributed by atoms with E-state index in [9.17, 15) is 4.79 Å². The van der Waals surface area contributed by atoms with E-state index in [1.54, 1.807) is 0 Å². The third kappa shape index (κ3) is 2.83. The highest BCUT2D eigenvalue weighted by molar-refractivity contribution is 5.87. The first-order valence-corrected chi connectivity index (χ1v) is 7.09. The number of fused-ring (bicyclic) bond motifs is 1. The van der Waals surface area contributed by atoms with Crippen molar-refractivity contribution in [2.75, 3.05) is 0 Å². The molecular weight excluding hydrogens is 224 g/mol. The lowest BCUT2D eigenvalue weighted by Gasteiger charge is -2.42. The van der Waals surface area contributed by atoms with Crippen LogP contribution in [0, 0.1) is 0 Å². The molecule has 0 spiro atoms. The zero-order valence-electron chi connectivity index (χ0n) is 11.4. The molecule has 2 aliphatic rings. The number of carbonyl (C=O) groups is 1. The minimum Gasteiger partial charge on any atom is -0.346 e. The van der Waals surface area contributed by atoms with Crippen LogP contribution in [0.3, 0.4) is 0 Å². The van der Waals surface area contributed by atoms with Crippen LogP contribution in [0.5, 0.6) is 0 Å². The fourth-order valence-corrected chi connectivity index (χ4v) is 2.72. The van der Waals surface area contributed by atoms with E-state index in [4.69, 9.17) is 0 Å². The Morgan fingerprint density at radius 2 is 1.89 bits per heavy atom. The molecule has 0 aromatic rings. The van der Waals surface area contributed by atoms with Crippen LogP contribution in [0.1, 0.15) is 46.0 Å². The third-order valence-corrected chi connectivity index (χ3v) is 3.95. The van der Waals surface area contributed by atoms with Gasteiger partial charge in [-0.2, -0.15) is 0 Å². The largest absolute Gasteiger partial charge is 0.346 e. The molecule has 1 saturated heterocycles. The maximum absolute atomic E-state index is 12.2. The van der Waals surface area contributed by atoms with Gasteiger partial charge in [-0.1, -0.05) is 56.9 Å². The molecular formula is C15H24N2O. The second kappa shape index (κ2) is 5.70. The number of hydrogen-bond acceptors (Lipinski definition) is 2. The van der Waals surface area contributed by atoms with Crippen LogP contribution in [0.4, 0.5) is 0 Å². The van der Waals surface area contributed by atoms with E-state index < -0.39 is 5.54 Å². The average molecular weight is 248 g/mol. The van der Waals surface area contributed by atoms with Gasteiger partial charge in [0.2, 0.25) is 5.91 Å². The smallest absolute Gasteiger partial charge is 0.240 e. The van der Waals surface area contributed by atoms with Crippen molar-refractivity contribution in [3.05, 3.63) is 24.3 Å². The van der Waals surface area contributed by atoms with Crippen LogP contribution in [-0.4, -0.2) is 23.5 Å². The molecule has 18 heavy (non-hydrogen) atoms. The molecule has 1 heterocycles. The minimum absolute atomic E-state index is 0.117. The molecule has 1 aliphatic carbocycles. The first kappa shape index (κ1) is 13.3. The Balaban J connectivity index is 1.93. The van der Waals surface area contributed by atoms with Gasteiger partial charge in [0.1, 0.15) is 0 Å². The summed E-state index contributed by atoms with van der Waals surface area (Å²) in [5.74, 6) is 0.139. The first-order valence-electron chi connectivity index (χ1n) is 7.09. The zero-order valence-corrected chi connectivity index (χ0v) is 11.4. The fourth-order valence-electron chi connectivity index (χ4n) is 2.72. The maximum Gasteiger partial charge on any atom is 0.240 e.